The van der Waals surface area contributed by atoms with Crippen LogP contribution < -0.4 is 5.32 Å². The zero-order valence-corrected chi connectivity index (χ0v) is 12.7. The second kappa shape index (κ2) is 6.06. The number of nitrogens with one attached hydrogen (secondary N) is 1. The number of nitrogens with zero attached hydrogens (tertiary/aromatic N) is 6. The van der Waals surface area contributed by atoms with Crippen LogP contribution in [-0.2, 0) is 24.8 Å². The van der Waals surface area contributed by atoms with Gasteiger partial charge in [-0.2, -0.15) is 10.1 Å². The molecule has 1 N–H and O–H groups in total. The highest BCUT2D eigenvalue weighted by atomic mass is 16.5. The summed E-state index contributed by atoms with van der Waals surface area (Å²) in [7, 11) is 3.45. The van der Waals surface area contributed by atoms with Crippen LogP contribution in [0.5, 0.6) is 0 Å². The van der Waals surface area contributed by atoms with Crippen molar-refractivity contribution in [3.8, 4) is 0 Å². The van der Waals surface area contributed by atoms with Gasteiger partial charge in [0.2, 0.25) is 5.89 Å². The van der Waals surface area contributed by atoms with Crippen molar-refractivity contribution >= 4 is 16.9 Å². The van der Waals surface area contributed by atoms with Crippen LogP contribution in [0.3, 0.4) is 0 Å². The first-order valence-electron chi connectivity index (χ1n) is 6.88. The number of aromatic nitrogens is 6. The molecule has 9 nitrogen and oxygen atoms in total. The molecule has 116 valence electrons. The number of hydrogen-bond acceptors (Lipinski definition) is 8. The Morgan fingerprint density at radius 3 is 3.00 bits per heavy atom. The first-order chi connectivity index (χ1) is 10.7. The lowest BCUT2D eigenvalue weighted by atomic mass is 10.3. The molecule has 0 saturated carbocycles. The summed E-state index contributed by atoms with van der Waals surface area (Å²) in [6.45, 7) is 2.82. The Hall–Kier alpha value is -2.55. The molecule has 22 heavy (non-hydrogen) atoms. The standard InChI is InChI=1S/C13H17N7O2/c1-8-16-12(9-6-15-20(2)13(9)17-8)14-5-4-11-18-10(7-21-3)19-22-11/h6H,4-5,7H2,1-3H3,(H,14,16,17). The molecule has 0 aliphatic heterocycles. The van der Waals surface area contributed by atoms with Crippen molar-refractivity contribution in [2.24, 2.45) is 7.05 Å². The first kappa shape index (κ1) is 14.4. The second-order valence-corrected chi connectivity index (χ2v) is 4.84. The molecule has 0 spiro atoms. The molecular formula is C13H17N7O2. The van der Waals surface area contributed by atoms with Crippen molar-refractivity contribution in [2.45, 2.75) is 20.0 Å². The summed E-state index contributed by atoms with van der Waals surface area (Å²) in [5.41, 5.74) is 0.801. The van der Waals surface area contributed by atoms with Gasteiger partial charge in [0.05, 0.1) is 11.6 Å². The number of ether oxygens (including phenoxy) is 1. The maximum atomic E-state index is 5.14. The first-order valence-corrected chi connectivity index (χ1v) is 6.88. The normalized spacial score (nSPS) is 11.2. The van der Waals surface area contributed by atoms with Gasteiger partial charge in [0, 0.05) is 27.1 Å². The lowest BCUT2D eigenvalue weighted by molar-refractivity contribution is 0.174. The van der Waals surface area contributed by atoms with Gasteiger partial charge in [0.1, 0.15) is 18.2 Å². The van der Waals surface area contributed by atoms with Gasteiger partial charge in [-0.15, -0.1) is 0 Å². The molecular weight excluding hydrogens is 286 g/mol. The van der Waals surface area contributed by atoms with Gasteiger partial charge in [-0.3, -0.25) is 4.68 Å². The third-order valence-corrected chi connectivity index (χ3v) is 3.12. The molecule has 0 fully saturated rings. The fourth-order valence-corrected chi connectivity index (χ4v) is 2.13. The highest BCUT2D eigenvalue weighted by Gasteiger charge is 2.10. The number of rotatable bonds is 6. The summed E-state index contributed by atoms with van der Waals surface area (Å²) in [5, 5.41) is 12.2. The molecule has 0 aromatic carbocycles. The van der Waals surface area contributed by atoms with E-state index in [2.05, 4.69) is 30.5 Å². The van der Waals surface area contributed by atoms with Crippen LogP contribution in [0, 0.1) is 6.92 Å². The molecule has 0 bridgehead atoms. The quantitative estimate of drug-likeness (QED) is 0.715. The van der Waals surface area contributed by atoms with Crippen LogP contribution in [-0.4, -0.2) is 43.5 Å². The Bertz CT molecular complexity index is 780. The molecule has 3 aromatic rings. The molecule has 3 aromatic heterocycles. The Morgan fingerprint density at radius 1 is 1.32 bits per heavy atom. The van der Waals surface area contributed by atoms with Crippen LogP contribution >= 0.6 is 0 Å². The van der Waals surface area contributed by atoms with Crippen LogP contribution in [0.2, 0.25) is 0 Å². The van der Waals surface area contributed by atoms with E-state index in [9.17, 15) is 0 Å². The Morgan fingerprint density at radius 2 is 2.18 bits per heavy atom. The van der Waals surface area contributed by atoms with Crippen molar-refractivity contribution < 1.29 is 9.26 Å². The van der Waals surface area contributed by atoms with Gasteiger partial charge in [-0.05, 0) is 6.92 Å². The summed E-state index contributed by atoms with van der Waals surface area (Å²) in [6.07, 6.45) is 2.35. The van der Waals surface area contributed by atoms with E-state index in [0.717, 1.165) is 16.9 Å². The van der Waals surface area contributed by atoms with Gasteiger partial charge in [0.15, 0.2) is 11.5 Å². The second-order valence-electron chi connectivity index (χ2n) is 4.84. The molecule has 0 aliphatic rings. The van der Waals surface area contributed by atoms with Gasteiger partial charge >= 0.3 is 0 Å². The van der Waals surface area contributed by atoms with Gasteiger partial charge in [-0.25, -0.2) is 9.97 Å². The molecule has 0 aliphatic carbocycles. The van der Waals surface area contributed by atoms with E-state index in [-0.39, 0.29) is 0 Å². The molecule has 0 saturated heterocycles. The third kappa shape index (κ3) is 2.89. The van der Waals surface area contributed by atoms with E-state index in [1.807, 2.05) is 14.0 Å². The fraction of sp³-hybridized carbons (Fsp3) is 0.462. The lowest BCUT2D eigenvalue weighted by Gasteiger charge is -2.06. The lowest BCUT2D eigenvalue weighted by Crippen LogP contribution is -2.08. The minimum absolute atomic E-state index is 0.346. The predicted molar refractivity (Wildman–Crippen MR) is 78.2 cm³/mol. The molecule has 0 atom stereocenters. The monoisotopic (exact) mass is 303 g/mol. The average molecular weight is 303 g/mol. The Balaban J connectivity index is 1.68. The molecule has 0 radical (unpaired) electrons. The van der Waals surface area contributed by atoms with Crippen LogP contribution in [0.25, 0.3) is 11.0 Å². The third-order valence-electron chi connectivity index (χ3n) is 3.12. The molecule has 3 heterocycles. The average Bonchev–Trinajstić information content (AvgIpc) is 3.07. The largest absolute Gasteiger partial charge is 0.377 e. The summed E-state index contributed by atoms with van der Waals surface area (Å²) in [5.74, 6) is 2.56. The van der Waals surface area contributed by atoms with E-state index < -0.39 is 0 Å². The van der Waals surface area contributed by atoms with Gasteiger partial charge in [0.25, 0.3) is 0 Å². The van der Waals surface area contributed by atoms with Crippen molar-refractivity contribution in [3.05, 3.63) is 23.7 Å². The van der Waals surface area contributed by atoms with Crippen LogP contribution in [0.15, 0.2) is 10.7 Å². The van der Waals surface area contributed by atoms with Crippen molar-refractivity contribution in [1.82, 2.24) is 29.9 Å². The highest BCUT2D eigenvalue weighted by molar-refractivity contribution is 5.86. The summed E-state index contributed by atoms with van der Waals surface area (Å²) in [6, 6.07) is 0. The van der Waals surface area contributed by atoms with E-state index in [0.29, 0.717) is 37.1 Å². The molecule has 0 amide bonds. The molecule has 0 unspecified atom stereocenters. The smallest absolute Gasteiger partial charge is 0.228 e. The topological polar surface area (TPSA) is 104 Å². The number of fused-ring (bicyclic) bond motifs is 1. The molecule has 3 rings (SSSR count). The number of anilines is 1. The zero-order valence-electron chi connectivity index (χ0n) is 12.7. The van der Waals surface area contributed by atoms with Gasteiger partial charge in [-0.1, -0.05) is 5.16 Å². The van der Waals surface area contributed by atoms with Crippen LogP contribution in [0.4, 0.5) is 5.82 Å². The number of methoxy groups -OCH3 is 1. The van der Waals surface area contributed by atoms with E-state index in [1.165, 1.54) is 0 Å². The highest BCUT2D eigenvalue weighted by Crippen LogP contribution is 2.19. The molecule has 9 heteroatoms. The SMILES string of the molecule is COCc1noc(CCNc2nc(C)nc3c2cnn3C)n1. The summed E-state index contributed by atoms with van der Waals surface area (Å²) < 4.78 is 11.8. The Kier molecular flexibility index (Phi) is 3.96. The number of hydrogen-bond donors (Lipinski definition) is 1. The number of aryl methyl sites for hydroxylation is 2. The van der Waals surface area contributed by atoms with Gasteiger partial charge < -0.3 is 14.6 Å². The summed E-state index contributed by atoms with van der Waals surface area (Å²) >= 11 is 0. The predicted octanol–water partition coefficient (Wildman–Crippen LogP) is 0.856. The van der Waals surface area contributed by atoms with E-state index in [1.54, 1.807) is 18.0 Å². The zero-order chi connectivity index (χ0) is 15.5. The van der Waals surface area contributed by atoms with E-state index >= 15 is 0 Å². The Labute approximate surface area is 126 Å². The van der Waals surface area contributed by atoms with Crippen LogP contribution in [0.1, 0.15) is 17.5 Å². The van der Waals surface area contributed by atoms with Crippen molar-refractivity contribution in [1.29, 1.82) is 0 Å². The maximum absolute atomic E-state index is 5.14. The minimum Gasteiger partial charge on any atom is -0.377 e. The summed E-state index contributed by atoms with van der Waals surface area (Å²) in [4.78, 5) is 13.0. The minimum atomic E-state index is 0.346. The fourth-order valence-electron chi connectivity index (χ4n) is 2.13. The maximum Gasteiger partial charge on any atom is 0.228 e. The van der Waals surface area contributed by atoms with E-state index in [4.69, 9.17) is 9.26 Å². The van der Waals surface area contributed by atoms with Crippen molar-refractivity contribution in [2.75, 3.05) is 19.0 Å². The van der Waals surface area contributed by atoms with Crippen molar-refractivity contribution in [3.63, 3.8) is 0 Å².